The van der Waals surface area contributed by atoms with Crippen molar-refractivity contribution in [2.45, 2.75) is 13.5 Å². The van der Waals surface area contributed by atoms with Gasteiger partial charge in [0.25, 0.3) is 11.6 Å². The van der Waals surface area contributed by atoms with Gasteiger partial charge >= 0.3 is 0 Å². The summed E-state index contributed by atoms with van der Waals surface area (Å²) >= 11 is 18.7. The van der Waals surface area contributed by atoms with Gasteiger partial charge in [0, 0.05) is 22.7 Å². The van der Waals surface area contributed by atoms with E-state index in [-0.39, 0.29) is 39.3 Å². The summed E-state index contributed by atoms with van der Waals surface area (Å²) in [5, 5.41) is 23.8. The molecule has 8 nitrogen and oxygen atoms in total. The molecular weight excluding hydrogens is 529 g/mol. The molecule has 0 fully saturated rings. The number of nitrogens with zero attached hydrogens (tertiary/aromatic N) is 2. The van der Waals surface area contributed by atoms with Crippen LogP contribution in [0.25, 0.3) is 6.08 Å². The van der Waals surface area contributed by atoms with Crippen molar-refractivity contribution >= 4 is 58.2 Å². The standard InChI is InChI=1S/C25H18Cl3N3O5/c1-2-35-23-11-15(10-21(28)24(23)36-14-16-5-3-4-6-19(16)26)9-17(13-29)25(32)30-22-12-18(31(33)34)7-8-20(22)27/h3-12H,2,14H2,1H3,(H,30,32)/b17-9+. The van der Waals surface area contributed by atoms with Gasteiger partial charge in [0.15, 0.2) is 11.5 Å². The Morgan fingerprint density at radius 1 is 1.08 bits per heavy atom. The Kier molecular flexibility index (Phi) is 9.14. The Labute approximate surface area is 221 Å². The number of benzene rings is 3. The predicted octanol–water partition coefficient (Wildman–Crippen LogP) is 7.08. The van der Waals surface area contributed by atoms with E-state index in [0.29, 0.717) is 22.9 Å². The van der Waals surface area contributed by atoms with Gasteiger partial charge in [-0.2, -0.15) is 5.26 Å². The van der Waals surface area contributed by atoms with E-state index >= 15 is 0 Å². The number of nitrogens with one attached hydrogen (secondary N) is 1. The molecule has 184 valence electrons. The Morgan fingerprint density at radius 2 is 1.83 bits per heavy atom. The second-order valence-electron chi connectivity index (χ2n) is 7.19. The number of amides is 1. The van der Waals surface area contributed by atoms with Gasteiger partial charge in [0.05, 0.1) is 27.3 Å². The minimum absolute atomic E-state index is 0.00613. The van der Waals surface area contributed by atoms with Crippen LogP contribution >= 0.6 is 34.8 Å². The van der Waals surface area contributed by atoms with Crippen molar-refractivity contribution in [2.75, 3.05) is 11.9 Å². The van der Waals surface area contributed by atoms with Gasteiger partial charge in [0.1, 0.15) is 18.2 Å². The molecule has 0 aliphatic rings. The largest absolute Gasteiger partial charge is 0.490 e. The molecule has 36 heavy (non-hydrogen) atoms. The van der Waals surface area contributed by atoms with Crippen LogP contribution in [0.4, 0.5) is 11.4 Å². The number of non-ortho nitro benzene ring substituents is 1. The number of carbonyl (C=O) groups excluding carboxylic acids is 1. The maximum Gasteiger partial charge on any atom is 0.271 e. The van der Waals surface area contributed by atoms with Gasteiger partial charge in [-0.25, -0.2) is 0 Å². The van der Waals surface area contributed by atoms with Crippen molar-refractivity contribution in [1.82, 2.24) is 0 Å². The highest BCUT2D eigenvalue weighted by atomic mass is 35.5. The van der Waals surface area contributed by atoms with Crippen LogP contribution in [0.1, 0.15) is 18.1 Å². The predicted molar refractivity (Wildman–Crippen MR) is 139 cm³/mol. The third-order valence-corrected chi connectivity index (χ3v) is 5.73. The fourth-order valence-corrected chi connectivity index (χ4v) is 3.70. The van der Waals surface area contributed by atoms with E-state index in [2.05, 4.69) is 5.32 Å². The Balaban J connectivity index is 1.88. The third kappa shape index (κ3) is 6.67. The van der Waals surface area contributed by atoms with Crippen LogP contribution < -0.4 is 14.8 Å². The molecule has 0 aliphatic carbocycles. The number of ether oxygens (including phenoxy) is 2. The normalized spacial score (nSPS) is 10.9. The number of carbonyl (C=O) groups is 1. The second kappa shape index (κ2) is 12.3. The summed E-state index contributed by atoms with van der Waals surface area (Å²) < 4.78 is 11.5. The zero-order valence-corrected chi connectivity index (χ0v) is 21.0. The molecule has 1 N–H and O–H groups in total. The maximum absolute atomic E-state index is 12.7. The number of halogens is 3. The molecule has 0 bridgehead atoms. The summed E-state index contributed by atoms with van der Waals surface area (Å²) in [4.78, 5) is 23.1. The van der Waals surface area contributed by atoms with Crippen LogP contribution in [-0.4, -0.2) is 17.4 Å². The van der Waals surface area contributed by atoms with Crippen molar-refractivity contribution in [3.05, 3.63) is 96.5 Å². The van der Waals surface area contributed by atoms with Crippen LogP contribution in [0.3, 0.4) is 0 Å². The van der Waals surface area contributed by atoms with Crippen LogP contribution in [0, 0.1) is 21.4 Å². The lowest BCUT2D eigenvalue weighted by atomic mass is 10.1. The average molecular weight is 547 g/mol. The van der Waals surface area contributed by atoms with E-state index in [1.54, 1.807) is 19.1 Å². The highest BCUT2D eigenvalue weighted by molar-refractivity contribution is 6.34. The fourth-order valence-electron chi connectivity index (χ4n) is 3.07. The molecule has 0 saturated carbocycles. The molecule has 0 saturated heterocycles. The molecule has 0 aliphatic heterocycles. The molecular formula is C25H18Cl3N3O5. The molecule has 1 amide bonds. The minimum atomic E-state index is -0.812. The Hall–Kier alpha value is -3.77. The molecule has 0 atom stereocenters. The first-order valence-electron chi connectivity index (χ1n) is 10.4. The number of nitro benzene ring substituents is 1. The third-order valence-electron chi connectivity index (χ3n) is 4.75. The fraction of sp³-hybridized carbons (Fsp3) is 0.120. The van der Waals surface area contributed by atoms with E-state index in [4.69, 9.17) is 44.3 Å². The summed E-state index contributed by atoms with van der Waals surface area (Å²) in [5.74, 6) is -0.224. The molecule has 0 unspecified atom stereocenters. The van der Waals surface area contributed by atoms with Crippen LogP contribution in [0.15, 0.2) is 60.2 Å². The van der Waals surface area contributed by atoms with Crippen molar-refractivity contribution in [2.24, 2.45) is 0 Å². The zero-order chi connectivity index (χ0) is 26.2. The summed E-state index contributed by atoms with van der Waals surface area (Å²) in [5.41, 5.74) is 0.585. The number of hydrogen-bond acceptors (Lipinski definition) is 6. The lowest BCUT2D eigenvalue weighted by molar-refractivity contribution is -0.384. The molecule has 0 spiro atoms. The minimum Gasteiger partial charge on any atom is -0.490 e. The number of hydrogen-bond donors (Lipinski definition) is 1. The van der Waals surface area contributed by atoms with E-state index in [1.165, 1.54) is 24.3 Å². The second-order valence-corrected chi connectivity index (χ2v) is 8.41. The van der Waals surface area contributed by atoms with Gasteiger partial charge in [0.2, 0.25) is 0 Å². The number of nitro groups is 1. The lowest BCUT2D eigenvalue weighted by Crippen LogP contribution is -2.14. The van der Waals surface area contributed by atoms with E-state index in [1.807, 2.05) is 24.3 Å². The number of anilines is 1. The average Bonchev–Trinajstić information content (AvgIpc) is 2.84. The Bertz CT molecular complexity index is 1390. The van der Waals surface area contributed by atoms with Gasteiger partial charge in [-0.15, -0.1) is 0 Å². The molecule has 3 aromatic carbocycles. The molecule has 3 rings (SSSR count). The van der Waals surface area contributed by atoms with Crippen molar-refractivity contribution in [3.8, 4) is 17.6 Å². The van der Waals surface area contributed by atoms with Gasteiger partial charge < -0.3 is 14.8 Å². The van der Waals surface area contributed by atoms with E-state index in [0.717, 1.165) is 11.6 Å². The van der Waals surface area contributed by atoms with Crippen LogP contribution in [0.2, 0.25) is 15.1 Å². The van der Waals surface area contributed by atoms with E-state index < -0.39 is 10.8 Å². The highest BCUT2D eigenvalue weighted by Crippen LogP contribution is 2.38. The highest BCUT2D eigenvalue weighted by Gasteiger charge is 2.17. The summed E-state index contributed by atoms with van der Waals surface area (Å²) in [6, 6.07) is 15.7. The molecule has 3 aromatic rings. The summed E-state index contributed by atoms with van der Waals surface area (Å²) in [6.45, 7) is 2.23. The first-order valence-corrected chi connectivity index (χ1v) is 11.6. The van der Waals surface area contributed by atoms with Crippen LogP contribution in [-0.2, 0) is 11.4 Å². The summed E-state index contributed by atoms with van der Waals surface area (Å²) in [6.07, 6.45) is 1.30. The molecule has 0 radical (unpaired) electrons. The smallest absolute Gasteiger partial charge is 0.271 e. The molecule has 0 aromatic heterocycles. The molecule has 0 heterocycles. The number of rotatable bonds is 9. The first-order chi connectivity index (χ1) is 17.2. The van der Waals surface area contributed by atoms with E-state index in [9.17, 15) is 20.2 Å². The zero-order valence-electron chi connectivity index (χ0n) is 18.8. The first kappa shape index (κ1) is 26.8. The monoisotopic (exact) mass is 545 g/mol. The summed E-state index contributed by atoms with van der Waals surface area (Å²) in [7, 11) is 0. The van der Waals surface area contributed by atoms with Gasteiger partial charge in [-0.1, -0.05) is 53.0 Å². The topological polar surface area (TPSA) is 114 Å². The quantitative estimate of drug-likeness (QED) is 0.133. The van der Waals surface area contributed by atoms with Gasteiger partial charge in [-0.3, -0.25) is 14.9 Å². The van der Waals surface area contributed by atoms with Crippen molar-refractivity contribution in [3.63, 3.8) is 0 Å². The lowest BCUT2D eigenvalue weighted by Gasteiger charge is -2.15. The van der Waals surface area contributed by atoms with Crippen LogP contribution in [0.5, 0.6) is 11.5 Å². The molecule has 11 heteroatoms. The van der Waals surface area contributed by atoms with Crippen molar-refractivity contribution < 1.29 is 19.2 Å². The maximum atomic E-state index is 12.7. The number of nitriles is 1. The van der Waals surface area contributed by atoms with Gasteiger partial charge in [-0.05, 0) is 42.8 Å². The Morgan fingerprint density at radius 3 is 2.50 bits per heavy atom. The van der Waals surface area contributed by atoms with Crippen molar-refractivity contribution in [1.29, 1.82) is 5.26 Å². The SMILES string of the molecule is CCOc1cc(/C=C(\C#N)C(=O)Nc2cc([N+](=O)[O-])ccc2Cl)cc(Cl)c1OCc1ccccc1Cl.